The summed E-state index contributed by atoms with van der Waals surface area (Å²) in [6.45, 7) is 1.11. The summed E-state index contributed by atoms with van der Waals surface area (Å²) in [6, 6.07) is 12.5. The van der Waals surface area contributed by atoms with Crippen LogP contribution in [0, 0.1) is 0 Å². The highest BCUT2D eigenvalue weighted by atomic mass is 32.1. The molecule has 5 rings (SSSR count). The largest absolute Gasteiger partial charge is 0.490 e. The normalized spacial score (nSPS) is 11.5. The SMILES string of the molecule is COCCOc1csc2cc3c(Nc4ccc5scnc5c4)ccnc3cc12. The molecule has 5 nitrogen and oxygen atoms in total. The maximum Gasteiger partial charge on any atom is 0.138 e. The third-order valence-electron chi connectivity index (χ3n) is 4.56. The number of aromatic nitrogens is 2. The highest BCUT2D eigenvalue weighted by Gasteiger charge is 2.11. The lowest BCUT2D eigenvalue weighted by atomic mass is 10.1. The van der Waals surface area contributed by atoms with Crippen LogP contribution in [0.1, 0.15) is 0 Å². The van der Waals surface area contributed by atoms with Crippen molar-refractivity contribution >= 4 is 65.3 Å². The van der Waals surface area contributed by atoms with Crippen molar-refractivity contribution in [3.05, 3.63) is 53.5 Å². The fourth-order valence-corrected chi connectivity index (χ4v) is 4.75. The van der Waals surface area contributed by atoms with Gasteiger partial charge in [-0.1, -0.05) is 0 Å². The number of methoxy groups -OCH3 is 1. The van der Waals surface area contributed by atoms with Gasteiger partial charge in [0.2, 0.25) is 0 Å². The molecule has 0 fully saturated rings. The van der Waals surface area contributed by atoms with E-state index < -0.39 is 0 Å². The monoisotopic (exact) mass is 407 g/mol. The van der Waals surface area contributed by atoms with Crippen molar-refractivity contribution in [1.29, 1.82) is 0 Å². The molecule has 0 amide bonds. The van der Waals surface area contributed by atoms with Gasteiger partial charge < -0.3 is 14.8 Å². The third-order valence-corrected chi connectivity index (χ3v) is 6.29. The van der Waals surface area contributed by atoms with Crippen LogP contribution in [0.5, 0.6) is 5.75 Å². The predicted molar refractivity (Wildman–Crippen MR) is 117 cm³/mol. The highest BCUT2D eigenvalue weighted by Crippen LogP contribution is 2.37. The number of nitrogens with zero attached hydrogens (tertiary/aromatic N) is 2. The molecule has 140 valence electrons. The van der Waals surface area contributed by atoms with E-state index in [1.165, 1.54) is 9.40 Å². The number of pyridine rings is 1. The lowest BCUT2D eigenvalue weighted by molar-refractivity contribution is 0.147. The Labute approximate surface area is 169 Å². The van der Waals surface area contributed by atoms with Crippen LogP contribution in [0.2, 0.25) is 0 Å². The standard InChI is InChI=1S/C21H17N3O2S2/c1-25-6-7-26-19-11-27-21-10-14-16(4-5-22-17(14)9-15(19)21)24-13-2-3-20-18(8-13)23-12-28-20/h2-5,8-12H,6-7H2,1H3,(H,22,24). The van der Waals surface area contributed by atoms with Gasteiger partial charge in [-0.3, -0.25) is 4.98 Å². The molecule has 0 saturated heterocycles. The zero-order valence-electron chi connectivity index (χ0n) is 15.1. The molecule has 0 aliphatic heterocycles. The fourth-order valence-electron chi connectivity index (χ4n) is 3.19. The van der Waals surface area contributed by atoms with Gasteiger partial charge in [0.25, 0.3) is 0 Å². The molecule has 0 aliphatic carbocycles. The van der Waals surface area contributed by atoms with Crippen molar-refractivity contribution in [2.75, 3.05) is 25.6 Å². The minimum atomic E-state index is 0.536. The summed E-state index contributed by atoms with van der Waals surface area (Å²) < 4.78 is 13.3. The van der Waals surface area contributed by atoms with E-state index in [-0.39, 0.29) is 0 Å². The van der Waals surface area contributed by atoms with E-state index in [2.05, 4.69) is 45.6 Å². The minimum Gasteiger partial charge on any atom is -0.490 e. The molecule has 0 aliphatic rings. The molecule has 28 heavy (non-hydrogen) atoms. The van der Waals surface area contributed by atoms with Crippen LogP contribution in [-0.2, 0) is 4.74 Å². The van der Waals surface area contributed by atoms with Crippen LogP contribution in [0.3, 0.4) is 0 Å². The third kappa shape index (κ3) is 3.17. The molecule has 0 unspecified atom stereocenters. The summed E-state index contributed by atoms with van der Waals surface area (Å²) in [4.78, 5) is 8.97. The molecule has 0 radical (unpaired) electrons. The van der Waals surface area contributed by atoms with Crippen molar-refractivity contribution in [1.82, 2.24) is 9.97 Å². The molecule has 2 aromatic carbocycles. The summed E-state index contributed by atoms with van der Waals surface area (Å²) in [7, 11) is 1.67. The molecular formula is C21H17N3O2S2. The number of hydrogen-bond donors (Lipinski definition) is 1. The van der Waals surface area contributed by atoms with E-state index in [4.69, 9.17) is 9.47 Å². The summed E-state index contributed by atoms with van der Waals surface area (Å²) in [5, 5.41) is 7.74. The molecule has 5 aromatic rings. The Morgan fingerprint density at radius 3 is 2.82 bits per heavy atom. The van der Waals surface area contributed by atoms with E-state index in [0.29, 0.717) is 13.2 Å². The summed E-state index contributed by atoms with van der Waals surface area (Å²) >= 11 is 3.32. The van der Waals surface area contributed by atoms with Gasteiger partial charge in [0.15, 0.2) is 0 Å². The first-order valence-electron chi connectivity index (χ1n) is 8.84. The van der Waals surface area contributed by atoms with Crippen molar-refractivity contribution in [3.8, 4) is 5.75 Å². The number of anilines is 2. The lowest BCUT2D eigenvalue weighted by Crippen LogP contribution is -2.03. The Morgan fingerprint density at radius 2 is 1.89 bits per heavy atom. The summed E-state index contributed by atoms with van der Waals surface area (Å²) in [5.41, 5.74) is 5.85. The van der Waals surface area contributed by atoms with Gasteiger partial charge in [0.1, 0.15) is 12.4 Å². The van der Waals surface area contributed by atoms with Crippen LogP contribution in [0.15, 0.2) is 53.5 Å². The van der Waals surface area contributed by atoms with Crippen molar-refractivity contribution in [2.45, 2.75) is 0 Å². The Bertz CT molecular complexity index is 1280. The van der Waals surface area contributed by atoms with Gasteiger partial charge in [-0.15, -0.1) is 22.7 Å². The maximum atomic E-state index is 5.84. The topological polar surface area (TPSA) is 56.3 Å². The molecule has 3 aromatic heterocycles. The number of thiazole rings is 1. The Balaban J connectivity index is 1.53. The first-order chi connectivity index (χ1) is 13.8. The summed E-state index contributed by atoms with van der Waals surface area (Å²) in [5.74, 6) is 0.882. The van der Waals surface area contributed by atoms with Crippen LogP contribution in [0.4, 0.5) is 11.4 Å². The molecule has 0 saturated carbocycles. The quantitative estimate of drug-likeness (QED) is 0.359. The summed E-state index contributed by atoms with van der Waals surface area (Å²) in [6.07, 6.45) is 1.83. The van der Waals surface area contributed by atoms with Gasteiger partial charge >= 0.3 is 0 Å². The molecule has 0 bridgehead atoms. The molecule has 0 spiro atoms. The van der Waals surface area contributed by atoms with Crippen LogP contribution < -0.4 is 10.1 Å². The van der Waals surface area contributed by atoms with E-state index in [1.54, 1.807) is 29.8 Å². The van der Waals surface area contributed by atoms with Gasteiger partial charge in [-0.05, 0) is 36.4 Å². The average molecular weight is 408 g/mol. The van der Waals surface area contributed by atoms with Crippen LogP contribution >= 0.6 is 22.7 Å². The Morgan fingerprint density at radius 1 is 0.929 bits per heavy atom. The number of thiophene rings is 1. The molecule has 0 atom stereocenters. The number of benzene rings is 2. The van der Waals surface area contributed by atoms with Crippen LogP contribution in [-0.4, -0.2) is 30.3 Å². The number of ether oxygens (including phenoxy) is 2. The highest BCUT2D eigenvalue weighted by molar-refractivity contribution is 7.17. The molecule has 3 heterocycles. The first kappa shape index (κ1) is 17.4. The average Bonchev–Trinajstić information content (AvgIpc) is 3.33. The Kier molecular flexibility index (Phi) is 4.56. The molecule has 1 N–H and O–H groups in total. The van der Waals surface area contributed by atoms with Crippen LogP contribution in [0.25, 0.3) is 31.2 Å². The van der Waals surface area contributed by atoms with Crippen molar-refractivity contribution in [3.63, 3.8) is 0 Å². The van der Waals surface area contributed by atoms with E-state index in [0.717, 1.165) is 38.9 Å². The molecule has 7 heteroatoms. The van der Waals surface area contributed by atoms with Gasteiger partial charge in [0.05, 0.1) is 27.9 Å². The molecular weight excluding hydrogens is 390 g/mol. The second-order valence-electron chi connectivity index (χ2n) is 6.33. The number of nitrogens with one attached hydrogen (secondary N) is 1. The zero-order valence-corrected chi connectivity index (χ0v) is 16.8. The fraction of sp³-hybridized carbons (Fsp3) is 0.143. The number of rotatable bonds is 6. The lowest BCUT2D eigenvalue weighted by Gasteiger charge is -2.10. The smallest absolute Gasteiger partial charge is 0.138 e. The minimum absolute atomic E-state index is 0.536. The van der Waals surface area contributed by atoms with E-state index >= 15 is 0 Å². The van der Waals surface area contributed by atoms with Gasteiger partial charge in [0, 0.05) is 45.5 Å². The second-order valence-corrected chi connectivity index (χ2v) is 8.12. The van der Waals surface area contributed by atoms with E-state index in [9.17, 15) is 0 Å². The number of hydrogen-bond acceptors (Lipinski definition) is 7. The van der Waals surface area contributed by atoms with E-state index in [1.807, 2.05) is 23.2 Å². The zero-order chi connectivity index (χ0) is 18.9. The maximum absolute atomic E-state index is 5.84. The van der Waals surface area contributed by atoms with Crippen molar-refractivity contribution < 1.29 is 9.47 Å². The predicted octanol–water partition coefficient (Wildman–Crippen LogP) is 5.83. The second kappa shape index (κ2) is 7.35. The number of fused-ring (bicyclic) bond motifs is 3. The first-order valence-corrected chi connectivity index (χ1v) is 10.6. The Hall–Kier alpha value is -2.74. The van der Waals surface area contributed by atoms with Crippen molar-refractivity contribution in [2.24, 2.45) is 0 Å². The van der Waals surface area contributed by atoms with Gasteiger partial charge in [-0.25, -0.2) is 4.98 Å². The van der Waals surface area contributed by atoms with Gasteiger partial charge in [-0.2, -0.15) is 0 Å².